The van der Waals surface area contributed by atoms with Gasteiger partial charge in [0.05, 0.1) is 0 Å². The van der Waals surface area contributed by atoms with Crippen LogP contribution >= 0.6 is 0 Å². The highest BCUT2D eigenvalue weighted by atomic mass is 16.8. The second kappa shape index (κ2) is 6.72. The van der Waals surface area contributed by atoms with Gasteiger partial charge in [-0.2, -0.15) is 0 Å². The SMILES string of the molecule is NCCNc1ccc([NH+]([O-])[O-])c(N2CCCCC2)c1. The van der Waals surface area contributed by atoms with E-state index in [-0.39, 0.29) is 5.69 Å². The maximum Gasteiger partial charge on any atom is 0.154 e. The molecule has 1 aromatic rings. The Labute approximate surface area is 113 Å². The summed E-state index contributed by atoms with van der Waals surface area (Å²) >= 11 is 0. The van der Waals surface area contributed by atoms with E-state index in [2.05, 4.69) is 10.2 Å². The monoisotopic (exact) mass is 265 g/mol. The summed E-state index contributed by atoms with van der Waals surface area (Å²) in [7, 11) is 0. The van der Waals surface area contributed by atoms with Crippen molar-refractivity contribution >= 4 is 17.1 Å². The fourth-order valence-electron chi connectivity index (χ4n) is 2.43. The van der Waals surface area contributed by atoms with Gasteiger partial charge >= 0.3 is 0 Å². The van der Waals surface area contributed by atoms with Crippen molar-refractivity contribution in [2.24, 2.45) is 5.73 Å². The third kappa shape index (κ3) is 3.57. The van der Waals surface area contributed by atoms with E-state index in [0.29, 0.717) is 13.1 Å². The summed E-state index contributed by atoms with van der Waals surface area (Å²) in [5, 5.41) is 24.5. The van der Waals surface area contributed by atoms with Gasteiger partial charge in [-0.1, -0.05) is 0 Å². The Hall–Kier alpha value is -1.34. The first-order valence-corrected chi connectivity index (χ1v) is 6.76. The van der Waals surface area contributed by atoms with Crippen LogP contribution in [-0.4, -0.2) is 26.2 Å². The number of nitrogens with zero attached hydrogens (tertiary/aromatic N) is 1. The van der Waals surface area contributed by atoms with Gasteiger partial charge in [-0.25, -0.2) is 0 Å². The molecule has 1 fully saturated rings. The fourth-order valence-corrected chi connectivity index (χ4v) is 2.43. The second-order valence-corrected chi connectivity index (χ2v) is 4.78. The third-order valence-corrected chi connectivity index (χ3v) is 3.39. The minimum atomic E-state index is -1.12. The van der Waals surface area contributed by atoms with Crippen molar-refractivity contribution in [3.05, 3.63) is 28.6 Å². The number of quaternary nitrogens is 1. The number of piperidine rings is 1. The largest absolute Gasteiger partial charge is 0.628 e. The van der Waals surface area contributed by atoms with E-state index in [1.165, 1.54) is 6.42 Å². The van der Waals surface area contributed by atoms with Gasteiger partial charge in [-0.3, -0.25) is 0 Å². The molecule has 1 saturated heterocycles. The Morgan fingerprint density at radius 3 is 2.58 bits per heavy atom. The predicted molar refractivity (Wildman–Crippen MR) is 77.4 cm³/mol. The molecule has 0 radical (unpaired) electrons. The summed E-state index contributed by atoms with van der Waals surface area (Å²) < 4.78 is 0. The van der Waals surface area contributed by atoms with Crippen LogP contribution in [0.25, 0.3) is 0 Å². The first kappa shape index (κ1) is 14.1. The van der Waals surface area contributed by atoms with E-state index in [0.717, 1.165) is 37.3 Å². The number of hydrogen-bond acceptors (Lipinski definition) is 5. The van der Waals surface area contributed by atoms with Crippen LogP contribution in [0.1, 0.15) is 19.3 Å². The van der Waals surface area contributed by atoms with Crippen LogP contribution in [0, 0.1) is 10.4 Å². The fraction of sp³-hybridized carbons (Fsp3) is 0.538. The third-order valence-electron chi connectivity index (χ3n) is 3.39. The van der Waals surface area contributed by atoms with Gasteiger partial charge in [0.2, 0.25) is 0 Å². The number of anilines is 2. The van der Waals surface area contributed by atoms with Crippen LogP contribution < -0.4 is 21.2 Å². The molecule has 0 saturated carbocycles. The molecule has 0 spiro atoms. The van der Waals surface area contributed by atoms with Crippen molar-refractivity contribution in [2.45, 2.75) is 19.3 Å². The van der Waals surface area contributed by atoms with Crippen molar-refractivity contribution in [1.29, 1.82) is 0 Å². The maximum absolute atomic E-state index is 11.2. The lowest BCUT2D eigenvalue weighted by molar-refractivity contribution is -0.714. The minimum Gasteiger partial charge on any atom is -0.628 e. The van der Waals surface area contributed by atoms with Crippen molar-refractivity contribution in [1.82, 2.24) is 0 Å². The summed E-state index contributed by atoms with van der Waals surface area (Å²) in [5.41, 5.74) is 7.37. The molecule has 0 unspecified atom stereocenters. The van der Waals surface area contributed by atoms with Crippen molar-refractivity contribution in [2.75, 3.05) is 36.4 Å². The lowest BCUT2D eigenvalue weighted by Gasteiger charge is -2.34. The molecule has 4 N–H and O–H groups in total. The van der Waals surface area contributed by atoms with E-state index in [1.807, 2.05) is 6.07 Å². The summed E-state index contributed by atoms with van der Waals surface area (Å²) in [6, 6.07) is 5.25. The van der Waals surface area contributed by atoms with Gasteiger partial charge in [0.15, 0.2) is 5.69 Å². The molecule has 1 aliphatic rings. The first-order chi connectivity index (χ1) is 9.22. The first-order valence-electron chi connectivity index (χ1n) is 6.76. The molecular formula is C13H21N4O2-. The van der Waals surface area contributed by atoms with Crippen LogP contribution in [0.4, 0.5) is 17.1 Å². The molecular weight excluding hydrogens is 244 g/mol. The minimum absolute atomic E-state index is 0.264. The normalized spacial score (nSPS) is 15.9. The van der Waals surface area contributed by atoms with Crippen LogP contribution in [0.5, 0.6) is 0 Å². The van der Waals surface area contributed by atoms with E-state index in [9.17, 15) is 10.4 Å². The average Bonchev–Trinajstić information content (AvgIpc) is 2.45. The predicted octanol–water partition coefficient (Wildman–Crippen LogP) is 0.559. The Kier molecular flexibility index (Phi) is 4.98. The Bertz CT molecular complexity index is 406. The zero-order chi connectivity index (χ0) is 13.7. The molecule has 106 valence electrons. The molecule has 0 atom stereocenters. The zero-order valence-electron chi connectivity index (χ0n) is 11.0. The lowest BCUT2D eigenvalue weighted by Crippen LogP contribution is -2.96. The van der Waals surface area contributed by atoms with Crippen LogP contribution in [0.3, 0.4) is 0 Å². The lowest BCUT2D eigenvalue weighted by atomic mass is 10.1. The second-order valence-electron chi connectivity index (χ2n) is 4.78. The highest BCUT2D eigenvalue weighted by Crippen LogP contribution is 2.29. The summed E-state index contributed by atoms with van der Waals surface area (Å²) in [4.78, 5) is 2.13. The zero-order valence-corrected chi connectivity index (χ0v) is 11.0. The number of benzene rings is 1. The number of nitrogens with two attached hydrogens (primary N) is 1. The van der Waals surface area contributed by atoms with E-state index in [1.54, 1.807) is 12.1 Å². The molecule has 0 bridgehead atoms. The summed E-state index contributed by atoms with van der Waals surface area (Å²) in [6.45, 7) is 3.02. The average molecular weight is 265 g/mol. The number of rotatable bonds is 5. The molecule has 0 aliphatic carbocycles. The van der Waals surface area contributed by atoms with Gasteiger partial charge in [0.1, 0.15) is 5.69 Å². The number of hydrogen-bond donors (Lipinski definition) is 3. The van der Waals surface area contributed by atoms with Gasteiger partial charge in [0.25, 0.3) is 0 Å². The Balaban J connectivity index is 2.24. The highest BCUT2D eigenvalue weighted by molar-refractivity contribution is 5.69. The van der Waals surface area contributed by atoms with E-state index in [4.69, 9.17) is 5.73 Å². The smallest absolute Gasteiger partial charge is 0.154 e. The summed E-state index contributed by atoms with van der Waals surface area (Å²) in [6.07, 6.45) is 3.42. The molecule has 2 rings (SSSR count). The number of nitrogens with one attached hydrogen (secondary N) is 2. The topological polar surface area (TPSA) is 91.8 Å². The van der Waals surface area contributed by atoms with Gasteiger partial charge in [0, 0.05) is 37.9 Å². The molecule has 6 heteroatoms. The van der Waals surface area contributed by atoms with Crippen LogP contribution in [-0.2, 0) is 0 Å². The van der Waals surface area contributed by atoms with Gasteiger partial charge < -0.3 is 31.6 Å². The highest BCUT2D eigenvalue weighted by Gasteiger charge is 2.17. The van der Waals surface area contributed by atoms with E-state index >= 15 is 0 Å². The van der Waals surface area contributed by atoms with Crippen molar-refractivity contribution in [3.8, 4) is 0 Å². The quantitative estimate of drug-likeness (QED) is 0.677. The van der Waals surface area contributed by atoms with Crippen molar-refractivity contribution in [3.63, 3.8) is 0 Å². The molecule has 1 heterocycles. The Morgan fingerprint density at radius 1 is 1.21 bits per heavy atom. The van der Waals surface area contributed by atoms with Crippen LogP contribution in [0.15, 0.2) is 18.2 Å². The van der Waals surface area contributed by atoms with Crippen molar-refractivity contribution < 1.29 is 5.23 Å². The summed E-state index contributed by atoms with van der Waals surface area (Å²) in [5.74, 6) is 0. The van der Waals surface area contributed by atoms with E-state index < -0.39 is 5.23 Å². The molecule has 6 nitrogen and oxygen atoms in total. The molecule has 19 heavy (non-hydrogen) atoms. The molecule has 0 amide bonds. The van der Waals surface area contributed by atoms with Gasteiger partial charge in [-0.15, -0.1) is 0 Å². The molecule has 1 aromatic carbocycles. The van der Waals surface area contributed by atoms with Gasteiger partial charge in [-0.05, 0) is 31.4 Å². The maximum atomic E-state index is 11.2. The molecule has 1 aliphatic heterocycles. The molecule has 0 aromatic heterocycles. The Morgan fingerprint density at radius 2 is 1.95 bits per heavy atom. The standard InChI is InChI=1S/C13H21N4O2/c14-6-7-15-11-4-5-12(17(18)19)13(10-11)16-8-2-1-3-9-16/h4-5,10,15,17H,1-3,6-9,14H2/q-1. The van der Waals surface area contributed by atoms with Crippen LogP contribution in [0.2, 0.25) is 0 Å².